The Morgan fingerprint density at radius 3 is 2.38 bits per heavy atom. The minimum absolute atomic E-state index is 0.414. The Balaban J connectivity index is 2.75. The SMILES string of the molecule is CNP(=O)(Cl)Oc1ccc(Cl)cc1. The molecule has 0 bridgehead atoms. The molecule has 1 rings (SSSR count). The molecular weight excluding hydrogens is 232 g/mol. The summed E-state index contributed by atoms with van der Waals surface area (Å²) in [5.41, 5.74) is 0. The highest BCUT2D eigenvalue weighted by atomic mass is 35.7. The quantitative estimate of drug-likeness (QED) is 0.823. The fourth-order valence-electron chi connectivity index (χ4n) is 0.677. The van der Waals surface area contributed by atoms with Crippen molar-refractivity contribution >= 4 is 29.7 Å². The van der Waals surface area contributed by atoms with Crippen LogP contribution < -0.4 is 9.61 Å². The molecule has 0 radical (unpaired) electrons. The summed E-state index contributed by atoms with van der Waals surface area (Å²) in [4.78, 5) is 0. The first-order chi connectivity index (χ1) is 6.03. The lowest BCUT2D eigenvalue weighted by molar-refractivity contribution is 0.490. The van der Waals surface area contributed by atoms with E-state index in [4.69, 9.17) is 27.4 Å². The Hall–Kier alpha value is -0.210. The van der Waals surface area contributed by atoms with E-state index in [1.165, 1.54) is 7.05 Å². The fourth-order valence-corrected chi connectivity index (χ4v) is 1.53. The first kappa shape index (κ1) is 10.9. The molecule has 1 unspecified atom stereocenters. The summed E-state index contributed by atoms with van der Waals surface area (Å²) < 4.78 is 16.2. The summed E-state index contributed by atoms with van der Waals surface area (Å²) in [6.45, 7) is -3.23. The Morgan fingerprint density at radius 2 is 1.92 bits per heavy atom. The van der Waals surface area contributed by atoms with Gasteiger partial charge >= 0.3 is 6.87 Å². The molecular formula is C7H8Cl2NO2P. The standard InChI is InChI=1S/C7H8Cl2NO2P/c1-10-13(9,11)12-7-4-2-6(8)3-5-7/h2-5H,1H3,(H,10,11). The molecule has 0 aliphatic rings. The molecule has 1 atom stereocenters. The van der Waals surface area contributed by atoms with E-state index in [0.29, 0.717) is 10.8 Å². The highest BCUT2D eigenvalue weighted by molar-refractivity contribution is 7.84. The van der Waals surface area contributed by atoms with E-state index in [1.54, 1.807) is 24.3 Å². The van der Waals surface area contributed by atoms with Crippen molar-refractivity contribution in [3.8, 4) is 5.75 Å². The molecule has 0 spiro atoms. The first-order valence-corrected chi connectivity index (χ1v) is 6.38. The zero-order chi connectivity index (χ0) is 9.90. The van der Waals surface area contributed by atoms with Gasteiger partial charge in [-0.05, 0) is 31.3 Å². The van der Waals surface area contributed by atoms with Crippen molar-refractivity contribution in [3.05, 3.63) is 29.3 Å². The number of rotatable bonds is 3. The summed E-state index contributed by atoms with van der Waals surface area (Å²) in [7, 11) is 1.46. The Labute approximate surface area is 86.3 Å². The second-order valence-electron chi connectivity index (χ2n) is 2.25. The van der Waals surface area contributed by atoms with Crippen LogP contribution in [-0.4, -0.2) is 7.05 Å². The zero-order valence-corrected chi connectivity index (χ0v) is 9.24. The summed E-state index contributed by atoms with van der Waals surface area (Å²) in [5.74, 6) is 0.414. The van der Waals surface area contributed by atoms with Crippen LogP contribution in [-0.2, 0) is 4.57 Å². The summed E-state index contributed by atoms with van der Waals surface area (Å²) in [6.07, 6.45) is 0. The largest absolute Gasteiger partial charge is 0.422 e. The van der Waals surface area contributed by atoms with Crippen LogP contribution in [0.25, 0.3) is 0 Å². The van der Waals surface area contributed by atoms with E-state index in [-0.39, 0.29) is 0 Å². The van der Waals surface area contributed by atoms with E-state index in [0.717, 1.165) is 0 Å². The van der Waals surface area contributed by atoms with E-state index in [9.17, 15) is 4.57 Å². The Kier molecular flexibility index (Phi) is 3.63. The van der Waals surface area contributed by atoms with Crippen molar-refractivity contribution < 1.29 is 9.09 Å². The predicted octanol–water partition coefficient (Wildman–Crippen LogP) is 3.29. The molecule has 0 saturated carbocycles. The van der Waals surface area contributed by atoms with E-state index in [1.807, 2.05) is 0 Å². The third-order valence-electron chi connectivity index (χ3n) is 1.30. The van der Waals surface area contributed by atoms with Gasteiger partial charge in [0.15, 0.2) is 0 Å². The van der Waals surface area contributed by atoms with Gasteiger partial charge in [0, 0.05) is 16.3 Å². The molecule has 0 heterocycles. The van der Waals surface area contributed by atoms with Crippen molar-refractivity contribution in [2.24, 2.45) is 0 Å². The number of hydrogen-bond acceptors (Lipinski definition) is 2. The lowest BCUT2D eigenvalue weighted by atomic mass is 10.3. The number of halogens is 2. The van der Waals surface area contributed by atoms with E-state index in [2.05, 4.69) is 5.09 Å². The van der Waals surface area contributed by atoms with Gasteiger partial charge in [-0.15, -0.1) is 0 Å². The summed E-state index contributed by atoms with van der Waals surface area (Å²) >= 11 is 11.1. The highest BCUT2D eigenvalue weighted by Crippen LogP contribution is 2.47. The number of nitrogens with one attached hydrogen (secondary N) is 1. The van der Waals surface area contributed by atoms with Gasteiger partial charge in [-0.3, -0.25) is 0 Å². The van der Waals surface area contributed by atoms with Gasteiger partial charge < -0.3 is 4.52 Å². The van der Waals surface area contributed by atoms with Crippen molar-refractivity contribution in [3.63, 3.8) is 0 Å². The van der Waals surface area contributed by atoms with Gasteiger partial charge in [0.05, 0.1) is 0 Å². The second kappa shape index (κ2) is 4.34. The molecule has 13 heavy (non-hydrogen) atoms. The number of hydrogen-bond donors (Lipinski definition) is 1. The van der Waals surface area contributed by atoms with Crippen LogP contribution in [0.15, 0.2) is 24.3 Å². The van der Waals surface area contributed by atoms with Crippen molar-refractivity contribution in [1.82, 2.24) is 5.09 Å². The van der Waals surface area contributed by atoms with Gasteiger partial charge in [-0.25, -0.2) is 9.65 Å². The molecule has 1 aromatic rings. The molecule has 0 aromatic heterocycles. The average molecular weight is 240 g/mol. The smallest absolute Gasteiger partial charge is 0.408 e. The maximum atomic E-state index is 11.2. The van der Waals surface area contributed by atoms with E-state index >= 15 is 0 Å². The van der Waals surface area contributed by atoms with Crippen molar-refractivity contribution in [2.45, 2.75) is 0 Å². The molecule has 72 valence electrons. The van der Waals surface area contributed by atoms with Gasteiger partial charge in [0.25, 0.3) is 0 Å². The summed E-state index contributed by atoms with van der Waals surface area (Å²) in [5, 5.41) is 2.95. The highest BCUT2D eigenvalue weighted by Gasteiger charge is 2.17. The topological polar surface area (TPSA) is 38.3 Å². The van der Waals surface area contributed by atoms with Crippen molar-refractivity contribution in [1.29, 1.82) is 0 Å². The lowest BCUT2D eigenvalue weighted by Crippen LogP contribution is -2.02. The minimum atomic E-state index is -3.23. The molecule has 0 fully saturated rings. The van der Waals surface area contributed by atoms with Gasteiger partial charge in [-0.1, -0.05) is 11.6 Å². The van der Waals surface area contributed by atoms with Crippen molar-refractivity contribution in [2.75, 3.05) is 7.05 Å². The molecule has 1 aromatic carbocycles. The lowest BCUT2D eigenvalue weighted by Gasteiger charge is -2.10. The second-order valence-corrected chi connectivity index (χ2v) is 5.61. The van der Waals surface area contributed by atoms with Crippen LogP contribution in [0.1, 0.15) is 0 Å². The molecule has 0 aliphatic heterocycles. The average Bonchev–Trinajstić information content (AvgIpc) is 2.09. The molecule has 0 aliphatic carbocycles. The Morgan fingerprint density at radius 1 is 1.38 bits per heavy atom. The Bertz CT molecular complexity index is 328. The van der Waals surface area contributed by atoms with Crippen LogP contribution in [0.2, 0.25) is 5.02 Å². The van der Waals surface area contributed by atoms with Crippen LogP contribution in [0.3, 0.4) is 0 Å². The summed E-state index contributed by atoms with van der Waals surface area (Å²) in [6, 6.07) is 6.44. The molecule has 6 heteroatoms. The zero-order valence-electron chi connectivity index (χ0n) is 6.83. The maximum Gasteiger partial charge on any atom is 0.408 e. The first-order valence-electron chi connectivity index (χ1n) is 3.47. The molecule has 1 N–H and O–H groups in total. The minimum Gasteiger partial charge on any atom is -0.422 e. The monoisotopic (exact) mass is 239 g/mol. The normalized spacial score (nSPS) is 15.0. The van der Waals surface area contributed by atoms with Crippen LogP contribution >= 0.6 is 29.7 Å². The van der Waals surface area contributed by atoms with Gasteiger partial charge in [0.1, 0.15) is 5.75 Å². The predicted molar refractivity (Wildman–Crippen MR) is 54.6 cm³/mol. The van der Waals surface area contributed by atoms with Gasteiger partial charge in [-0.2, -0.15) is 0 Å². The van der Waals surface area contributed by atoms with Crippen LogP contribution in [0.4, 0.5) is 0 Å². The van der Waals surface area contributed by atoms with Gasteiger partial charge in [0.2, 0.25) is 0 Å². The fraction of sp³-hybridized carbons (Fsp3) is 0.143. The number of benzene rings is 1. The van der Waals surface area contributed by atoms with Crippen LogP contribution in [0.5, 0.6) is 5.75 Å². The molecule has 3 nitrogen and oxygen atoms in total. The maximum absolute atomic E-state index is 11.2. The molecule has 0 saturated heterocycles. The van der Waals surface area contributed by atoms with E-state index < -0.39 is 6.87 Å². The molecule has 0 amide bonds. The third-order valence-corrected chi connectivity index (χ3v) is 3.25. The van der Waals surface area contributed by atoms with Crippen LogP contribution in [0, 0.1) is 0 Å². The third kappa shape index (κ3) is 3.57.